The van der Waals surface area contributed by atoms with Gasteiger partial charge < -0.3 is 9.84 Å². The molecular weight excluding hydrogens is 328 g/mol. The molecule has 0 amide bonds. The van der Waals surface area contributed by atoms with Crippen LogP contribution in [0.3, 0.4) is 0 Å². The van der Waals surface area contributed by atoms with Gasteiger partial charge in [-0.3, -0.25) is 0 Å². The maximum absolute atomic E-state index is 13.4. The fraction of sp³-hybridized carbons (Fsp3) is 0.222. The van der Waals surface area contributed by atoms with Crippen LogP contribution in [0.4, 0.5) is 13.2 Å². The van der Waals surface area contributed by atoms with Crippen molar-refractivity contribution in [3.63, 3.8) is 0 Å². The predicted octanol–water partition coefficient (Wildman–Crippen LogP) is 2.73. The number of aliphatic hydroxyl groups excluding tert-OH is 1. The van der Waals surface area contributed by atoms with E-state index in [2.05, 4.69) is 20.7 Å². The molecule has 94 valence electrons. The minimum Gasteiger partial charge on any atom is -0.467 e. The van der Waals surface area contributed by atoms with Crippen molar-refractivity contribution < 1.29 is 27.8 Å². The first-order chi connectivity index (χ1) is 7.82. The van der Waals surface area contributed by atoms with Gasteiger partial charge in [-0.25, -0.2) is 18.0 Å². The highest BCUT2D eigenvalue weighted by Gasteiger charge is 2.31. The van der Waals surface area contributed by atoms with Crippen molar-refractivity contribution >= 4 is 33.5 Å². The van der Waals surface area contributed by atoms with E-state index in [1.807, 2.05) is 0 Å². The first kappa shape index (κ1) is 14.3. The third-order valence-corrected chi connectivity index (χ3v) is 3.05. The van der Waals surface area contributed by atoms with Crippen LogP contribution in [0.25, 0.3) is 0 Å². The largest absolute Gasteiger partial charge is 0.467 e. The summed E-state index contributed by atoms with van der Waals surface area (Å²) in [6.07, 6.45) is -2.16. The molecule has 0 aromatic heterocycles. The van der Waals surface area contributed by atoms with E-state index in [9.17, 15) is 23.1 Å². The van der Waals surface area contributed by atoms with E-state index in [4.69, 9.17) is 11.6 Å². The van der Waals surface area contributed by atoms with Crippen LogP contribution in [0.15, 0.2) is 4.47 Å². The molecule has 0 radical (unpaired) electrons. The van der Waals surface area contributed by atoms with Gasteiger partial charge in [0.25, 0.3) is 0 Å². The van der Waals surface area contributed by atoms with Crippen LogP contribution in [0, 0.1) is 17.5 Å². The number of hydrogen-bond donors (Lipinski definition) is 1. The van der Waals surface area contributed by atoms with Gasteiger partial charge in [-0.15, -0.1) is 0 Å². The topological polar surface area (TPSA) is 46.5 Å². The predicted molar refractivity (Wildman–Crippen MR) is 56.0 cm³/mol. The molecule has 17 heavy (non-hydrogen) atoms. The molecule has 0 fully saturated rings. The first-order valence-electron chi connectivity index (χ1n) is 4.10. The van der Waals surface area contributed by atoms with Crippen molar-refractivity contribution in [2.24, 2.45) is 0 Å². The fourth-order valence-corrected chi connectivity index (χ4v) is 1.97. The summed E-state index contributed by atoms with van der Waals surface area (Å²) in [6, 6.07) is 0. The number of rotatable bonds is 2. The van der Waals surface area contributed by atoms with E-state index in [0.29, 0.717) is 0 Å². The van der Waals surface area contributed by atoms with Crippen LogP contribution in [0.2, 0.25) is 5.02 Å². The van der Waals surface area contributed by atoms with Crippen LogP contribution in [-0.2, 0) is 9.53 Å². The molecule has 1 N–H and O–H groups in total. The van der Waals surface area contributed by atoms with E-state index >= 15 is 0 Å². The Kier molecular flexibility index (Phi) is 4.40. The van der Waals surface area contributed by atoms with Crippen LogP contribution in [0.5, 0.6) is 0 Å². The monoisotopic (exact) mass is 332 g/mol. The highest BCUT2D eigenvalue weighted by Crippen LogP contribution is 2.35. The van der Waals surface area contributed by atoms with E-state index in [0.717, 1.165) is 7.11 Å². The number of hydrogen-bond acceptors (Lipinski definition) is 3. The average Bonchev–Trinajstić information content (AvgIpc) is 2.32. The Balaban J connectivity index is 3.49. The first-order valence-corrected chi connectivity index (χ1v) is 5.27. The molecule has 0 saturated heterocycles. The van der Waals surface area contributed by atoms with Crippen molar-refractivity contribution in [3.8, 4) is 0 Å². The lowest BCUT2D eigenvalue weighted by molar-refractivity contribution is -0.150. The van der Waals surface area contributed by atoms with Crippen molar-refractivity contribution in [3.05, 3.63) is 32.5 Å². The molecule has 1 unspecified atom stereocenters. The molecule has 0 bridgehead atoms. The number of benzene rings is 1. The molecule has 0 aliphatic rings. The molecule has 0 saturated carbocycles. The second-order valence-electron chi connectivity index (χ2n) is 2.91. The van der Waals surface area contributed by atoms with Gasteiger partial charge in [-0.05, 0) is 15.9 Å². The van der Waals surface area contributed by atoms with E-state index < -0.39 is 44.6 Å². The highest BCUT2D eigenvalue weighted by atomic mass is 79.9. The zero-order chi connectivity index (χ0) is 13.3. The molecule has 0 heterocycles. The van der Waals surface area contributed by atoms with Gasteiger partial charge in [0.1, 0.15) is 5.02 Å². The smallest absolute Gasteiger partial charge is 0.339 e. The van der Waals surface area contributed by atoms with Gasteiger partial charge in [0, 0.05) is 5.56 Å². The molecule has 3 nitrogen and oxygen atoms in total. The lowest BCUT2D eigenvalue weighted by Gasteiger charge is -2.13. The van der Waals surface area contributed by atoms with Crippen LogP contribution in [-0.4, -0.2) is 18.2 Å². The van der Waals surface area contributed by atoms with Gasteiger partial charge in [0.2, 0.25) is 0 Å². The number of halogens is 5. The maximum atomic E-state index is 13.4. The van der Waals surface area contributed by atoms with Crippen LogP contribution >= 0.6 is 27.5 Å². The zero-order valence-electron chi connectivity index (χ0n) is 8.23. The van der Waals surface area contributed by atoms with Crippen LogP contribution in [0.1, 0.15) is 11.7 Å². The Morgan fingerprint density at radius 1 is 1.35 bits per heavy atom. The van der Waals surface area contributed by atoms with E-state index in [1.54, 1.807) is 0 Å². The molecule has 0 spiro atoms. The molecule has 8 heteroatoms. The Morgan fingerprint density at radius 3 is 2.35 bits per heavy atom. The molecule has 0 aliphatic heterocycles. The summed E-state index contributed by atoms with van der Waals surface area (Å²) in [5.74, 6) is -5.89. The summed E-state index contributed by atoms with van der Waals surface area (Å²) in [5, 5.41) is 8.30. The number of methoxy groups -OCH3 is 1. The summed E-state index contributed by atoms with van der Waals surface area (Å²) >= 11 is 7.74. The molecule has 1 atom stereocenters. The SMILES string of the molecule is COC(=O)C(O)c1c(F)c(F)c(Cl)c(F)c1Br. The second kappa shape index (κ2) is 5.24. The second-order valence-corrected chi connectivity index (χ2v) is 4.08. The Bertz CT molecular complexity index is 452. The lowest BCUT2D eigenvalue weighted by Crippen LogP contribution is -2.17. The van der Waals surface area contributed by atoms with Crippen molar-refractivity contribution in [1.82, 2.24) is 0 Å². The highest BCUT2D eigenvalue weighted by molar-refractivity contribution is 9.10. The Hall–Kier alpha value is -0.790. The lowest BCUT2D eigenvalue weighted by atomic mass is 10.1. The van der Waals surface area contributed by atoms with Gasteiger partial charge in [0.15, 0.2) is 23.6 Å². The average molecular weight is 333 g/mol. The minimum absolute atomic E-state index is 0.640. The van der Waals surface area contributed by atoms with Crippen molar-refractivity contribution in [2.75, 3.05) is 7.11 Å². The molecule has 1 aromatic carbocycles. The fourth-order valence-electron chi connectivity index (χ4n) is 1.09. The molecule has 1 aromatic rings. The van der Waals surface area contributed by atoms with Crippen molar-refractivity contribution in [1.29, 1.82) is 0 Å². The summed E-state index contributed by atoms with van der Waals surface area (Å²) in [7, 11) is 0.931. The van der Waals surface area contributed by atoms with Gasteiger partial charge in [-0.2, -0.15) is 0 Å². The molecular formula is C9H5BrClF3O3. The van der Waals surface area contributed by atoms with Gasteiger partial charge >= 0.3 is 5.97 Å². The Morgan fingerprint density at radius 2 is 1.88 bits per heavy atom. The number of ether oxygens (including phenoxy) is 1. The van der Waals surface area contributed by atoms with E-state index in [1.165, 1.54) is 0 Å². The third-order valence-electron chi connectivity index (χ3n) is 1.94. The summed E-state index contributed by atoms with van der Waals surface area (Å²) in [5.41, 5.74) is -0.906. The summed E-state index contributed by atoms with van der Waals surface area (Å²) < 4.78 is 43.4. The number of carbonyl (C=O) groups is 1. The van der Waals surface area contributed by atoms with Gasteiger partial charge in [0.05, 0.1) is 11.6 Å². The normalized spacial score (nSPS) is 12.4. The zero-order valence-corrected chi connectivity index (χ0v) is 10.6. The van der Waals surface area contributed by atoms with Gasteiger partial charge in [-0.1, -0.05) is 11.6 Å². The maximum Gasteiger partial charge on any atom is 0.339 e. The molecule has 0 aliphatic carbocycles. The standard InChI is InChI=1S/C9H5BrClF3O3/c1-17-9(16)8(15)2-3(10)6(13)4(11)7(14)5(2)12/h8,15H,1H3. The van der Waals surface area contributed by atoms with E-state index in [-0.39, 0.29) is 0 Å². The summed E-state index contributed by atoms with van der Waals surface area (Å²) in [6.45, 7) is 0. The number of aliphatic hydroxyl groups is 1. The quantitative estimate of drug-likeness (QED) is 0.514. The minimum atomic E-state index is -2.16. The summed E-state index contributed by atoms with van der Waals surface area (Å²) in [4.78, 5) is 11.0. The number of carbonyl (C=O) groups excluding carboxylic acids is 1. The Labute approximate surface area is 107 Å². The van der Waals surface area contributed by atoms with Crippen LogP contribution < -0.4 is 0 Å². The van der Waals surface area contributed by atoms with Crippen molar-refractivity contribution in [2.45, 2.75) is 6.10 Å². The molecule has 1 rings (SSSR count). The third kappa shape index (κ3) is 2.41. The number of esters is 1.